The molecule has 2 N–H and O–H groups in total. The molecule has 1 fully saturated rings. The van der Waals surface area contributed by atoms with Gasteiger partial charge in [0.1, 0.15) is 0 Å². The molecule has 3 heteroatoms. The molecule has 0 radical (unpaired) electrons. The van der Waals surface area contributed by atoms with Crippen LogP contribution in [0.1, 0.15) is 39.0 Å². The molecule has 3 nitrogen and oxygen atoms in total. The number of aromatic amines is 1. The van der Waals surface area contributed by atoms with Crippen molar-refractivity contribution < 1.29 is 0 Å². The predicted molar refractivity (Wildman–Crippen MR) is 75.8 cm³/mol. The molecule has 0 spiro atoms. The standard InChI is InChI=1S/C15H21N3/c1-11-3-2-4-13(7-5-11)17-14-8-6-12-10-16-18-15(12)9-14/h6,8-11,13,17H,2-5,7H2,1H3,(H,16,18). The second-order valence-electron chi connectivity index (χ2n) is 5.63. The smallest absolute Gasteiger partial charge is 0.0670 e. The first-order chi connectivity index (χ1) is 8.81. The maximum absolute atomic E-state index is 4.06. The van der Waals surface area contributed by atoms with Crippen molar-refractivity contribution in [3.05, 3.63) is 24.4 Å². The van der Waals surface area contributed by atoms with Crippen molar-refractivity contribution in [1.82, 2.24) is 10.2 Å². The van der Waals surface area contributed by atoms with Gasteiger partial charge in [0.2, 0.25) is 0 Å². The Balaban J connectivity index is 1.71. The van der Waals surface area contributed by atoms with Crippen LogP contribution in [-0.2, 0) is 0 Å². The summed E-state index contributed by atoms with van der Waals surface area (Å²) in [7, 11) is 0. The Morgan fingerprint density at radius 2 is 2.17 bits per heavy atom. The van der Waals surface area contributed by atoms with E-state index in [2.05, 4.69) is 40.6 Å². The molecule has 0 aliphatic heterocycles. The van der Waals surface area contributed by atoms with Crippen LogP contribution in [0, 0.1) is 5.92 Å². The first-order valence-corrected chi connectivity index (χ1v) is 7.01. The number of H-pyrrole nitrogens is 1. The molecule has 2 aromatic rings. The molecule has 1 saturated carbocycles. The topological polar surface area (TPSA) is 40.7 Å². The number of rotatable bonds is 2. The Morgan fingerprint density at radius 3 is 3.11 bits per heavy atom. The highest BCUT2D eigenvalue weighted by Crippen LogP contribution is 2.26. The van der Waals surface area contributed by atoms with Crippen LogP contribution in [0.4, 0.5) is 5.69 Å². The molecule has 2 atom stereocenters. The Hall–Kier alpha value is -1.51. The summed E-state index contributed by atoms with van der Waals surface area (Å²) in [4.78, 5) is 0. The van der Waals surface area contributed by atoms with Gasteiger partial charge in [0.05, 0.1) is 11.7 Å². The number of nitrogens with zero attached hydrogens (tertiary/aromatic N) is 1. The van der Waals surface area contributed by atoms with E-state index in [-0.39, 0.29) is 0 Å². The normalized spacial score (nSPS) is 24.9. The summed E-state index contributed by atoms with van der Waals surface area (Å²) < 4.78 is 0. The maximum Gasteiger partial charge on any atom is 0.0670 e. The molecule has 0 amide bonds. The van der Waals surface area contributed by atoms with E-state index < -0.39 is 0 Å². The Bertz CT molecular complexity index is 517. The number of benzene rings is 1. The van der Waals surface area contributed by atoms with E-state index in [0.717, 1.165) is 11.4 Å². The molecule has 1 aromatic heterocycles. The van der Waals surface area contributed by atoms with E-state index in [9.17, 15) is 0 Å². The van der Waals surface area contributed by atoms with E-state index >= 15 is 0 Å². The summed E-state index contributed by atoms with van der Waals surface area (Å²) in [5, 5.41) is 11.9. The van der Waals surface area contributed by atoms with Gasteiger partial charge in [-0.2, -0.15) is 5.10 Å². The third-order valence-electron chi connectivity index (χ3n) is 4.07. The average Bonchev–Trinajstić information content (AvgIpc) is 2.74. The summed E-state index contributed by atoms with van der Waals surface area (Å²) in [6.45, 7) is 2.37. The van der Waals surface area contributed by atoms with E-state index in [4.69, 9.17) is 0 Å². The minimum absolute atomic E-state index is 0.635. The molecule has 96 valence electrons. The van der Waals surface area contributed by atoms with Crippen LogP contribution in [0.5, 0.6) is 0 Å². The third-order valence-corrected chi connectivity index (χ3v) is 4.07. The van der Waals surface area contributed by atoms with E-state index in [1.165, 1.54) is 43.2 Å². The second-order valence-corrected chi connectivity index (χ2v) is 5.63. The van der Waals surface area contributed by atoms with Crippen LogP contribution < -0.4 is 5.32 Å². The van der Waals surface area contributed by atoms with Gasteiger partial charge >= 0.3 is 0 Å². The maximum atomic E-state index is 4.06. The van der Waals surface area contributed by atoms with Crippen molar-refractivity contribution >= 4 is 16.6 Å². The van der Waals surface area contributed by atoms with Gasteiger partial charge in [-0.15, -0.1) is 0 Å². The van der Waals surface area contributed by atoms with Crippen LogP contribution in [-0.4, -0.2) is 16.2 Å². The molecule has 1 aromatic carbocycles. The molecule has 1 heterocycles. The van der Waals surface area contributed by atoms with Gasteiger partial charge in [-0.05, 0) is 43.4 Å². The molecule has 1 aliphatic rings. The van der Waals surface area contributed by atoms with Crippen molar-refractivity contribution in [3.8, 4) is 0 Å². The SMILES string of the molecule is CC1CCCC(Nc2ccc3cn[nH]c3c2)CC1. The lowest BCUT2D eigenvalue weighted by molar-refractivity contribution is 0.502. The van der Waals surface area contributed by atoms with Crippen molar-refractivity contribution in [1.29, 1.82) is 0 Å². The highest BCUT2D eigenvalue weighted by Gasteiger charge is 2.15. The zero-order chi connectivity index (χ0) is 12.4. The Morgan fingerprint density at radius 1 is 1.22 bits per heavy atom. The summed E-state index contributed by atoms with van der Waals surface area (Å²) in [5.74, 6) is 0.895. The Labute approximate surface area is 108 Å². The molecule has 2 unspecified atom stereocenters. The monoisotopic (exact) mass is 243 g/mol. The van der Waals surface area contributed by atoms with Crippen LogP contribution in [0.3, 0.4) is 0 Å². The van der Waals surface area contributed by atoms with Crippen LogP contribution in [0.15, 0.2) is 24.4 Å². The van der Waals surface area contributed by atoms with Crippen LogP contribution in [0.2, 0.25) is 0 Å². The predicted octanol–water partition coefficient (Wildman–Crippen LogP) is 3.94. The number of aromatic nitrogens is 2. The van der Waals surface area contributed by atoms with Crippen molar-refractivity contribution in [3.63, 3.8) is 0 Å². The molecule has 1 aliphatic carbocycles. The largest absolute Gasteiger partial charge is 0.382 e. The summed E-state index contributed by atoms with van der Waals surface area (Å²) in [6.07, 6.45) is 8.55. The highest BCUT2D eigenvalue weighted by atomic mass is 15.1. The minimum Gasteiger partial charge on any atom is -0.382 e. The highest BCUT2D eigenvalue weighted by molar-refractivity contribution is 5.81. The number of hydrogen-bond acceptors (Lipinski definition) is 2. The molecule has 0 saturated heterocycles. The molecule has 0 bridgehead atoms. The lowest BCUT2D eigenvalue weighted by atomic mass is 10.0. The number of fused-ring (bicyclic) bond motifs is 1. The van der Waals surface area contributed by atoms with Gasteiger partial charge in [-0.25, -0.2) is 0 Å². The van der Waals surface area contributed by atoms with Gasteiger partial charge in [0.25, 0.3) is 0 Å². The zero-order valence-corrected chi connectivity index (χ0v) is 10.9. The second kappa shape index (κ2) is 5.01. The number of nitrogens with one attached hydrogen (secondary N) is 2. The van der Waals surface area contributed by atoms with Crippen molar-refractivity contribution in [2.75, 3.05) is 5.32 Å². The average molecular weight is 243 g/mol. The number of hydrogen-bond donors (Lipinski definition) is 2. The fourth-order valence-electron chi connectivity index (χ4n) is 2.89. The van der Waals surface area contributed by atoms with Gasteiger partial charge in [0, 0.05) is 17.1 Å². The molecule has 18 heavy (non-hydrogen) atoms. The third kappa shape index (κ3) is 2.50. The molecular weight excluding hydrogens is 222 g/mol. The van der Waals surface area contributed by atoms with Crippen LogP contribution >= 0.6 is 0 Å². The van der Waals surface area contributed by atoms with E-state index in [0.29, 0.717) is 6.04 Å². The minimum atomic E-state index is 0.635. The number of anilines is 1. The fraction of sp³-hybridized carbons (Fsp3) is 0.533. The van der Waals surface area contributed by atoms with Gasteiger partial charge in [-0.3, -0.25) is 5.10 Å². The molecule has 3 rings (SSSR count). The molecular formula is C15H21N3. The fourth-order valence-corrected chi connectivity index (χ4v) is 2.89. The van der Waals surface area contributed by atoms with Gasteiger partial charge in [0.15, 0.2) is 0 Å². The zero-order valence-electron chi connectivity index (χ0n) is 10.9. The van der Waals surface area contributed by atoms with E-state index in [1.54, 1.807) is 0 Å². The van der Waals surface area contributed by atoms with Crippen molar-refractivity contribution in [2.45, 2.75) is 45.1 Å². The lowest BCUT2D eigenvalue weighted by Gasteiger charge is -2.17. The first-order valence-electron chi connectivity index (χ1n) is 7.01. The summed E-state index contributed by atoms with van der Waals surface area (Å²) >= 11 is 0. The summed E-state index contributed by atoms with van der Waals surface area (Å²) in [6, 6.07) is 7.08. The first kappa shape index (κ1) is 11.6. The summed E-state index contributed by atoms with van der Waals surface area (Å²) in [5.41, 5.74) is 2.33. The van der Waals surface area contributed by atoms with Gasteiger partial charge < -0.3 is 5.32 Å². The van der Waals surface area contributed by atoms with E-state index in [1.807, 2.05) is 6.20 Å². The Kier molecular flexibility index (Phi) is 3.22. The van der Waals surface area contributed by atoms with Crippen molar-refractivity contribution in [2.24, 2.45) is 5.92 Å². The lowest BCUT2D eigenvalue weighted by Crippen LogP contribution is -2.18. The van der Waals surface area contributed by atoms with Gasteiger partial charge in [-0.1, -0.05) is 19.8 Å². The van der Waals surface area contributed by atoms with Crippen LogP contribution in [0.25, 0.3) is 10.9 Å². The quantitative estimate of drug-likeness (QED) is 0.784.